The Bertz CT molecular complexity index is 2520. The summed E-state index contributed by atoms with van der Waals surface area (Å²) in [6, 6.07) is 4.45. The first-order valence-corrected chi connectivity index (χ1v) is 23.4. The van der Waals surface area contributed by atoms with E-state index < -0.39 is 6.04 Å². The Hall–Kier alpha value is -6.04. The third-order valence-electron chi connectivity index (χ3n) is 13.3. The fraction of sp³-hybridized carbons (Fsp3) is 0.553. The minimum atomic E-state index is -0.547. The summed E-state index contributed by atoms with van der Waals surface area (Å²) in [5.74, 6) is 1.42. The molecular weight excluding hydrogens is 830 g/mol. The van der Waals surface area contributed by atoms with Crippen LogP contribution < -0.4 is 21.3 Å². The Morgan fingerprint density at radius 2 is 1.63 bits per heavy atom. The van der Waals surface area contributed by atoms with Gasteiger partial charge in [0.1, 0.15) is 35.4 Å². The molecule has 0 radical (unpaired) electrons. The highest BCUT2D eigenvalue weighted by Gasteiger charge is 2.37. The molecule has 17 nitrogen and oxygen atoms in total. The fourth-order valence-corrected chi connectivity index (χ4v) is 9.45. The van der Waals surface area contributed by atoms with E-state index in [0.717, 1.165) is 120 Å². The van der Waals surface area contributed by atoms with E-state index >= 15 is 4.39 Å². The number of halogens is 1. The van der Waals surface area contributed by atoms with Gasteiger partial charge in [0.25, 0.3) is 0 Å². The molecular formula is C47H60FN13O4. The van der Waals surface area contributed by atoms with E-state index in [1.807, 2.05) is 22.0 Å². The molecule has 3 amide bonds. The summed E-state index contributed by atoms with van der Waals surface area (Å²) in [4.78, 5) is 61.8. The van der Waals surface area contributed by atoms with Gasteiger partial charge < -0.3 is 25.4 Å². The fourth-order valence-electron chi connectivity index (χ4n) is 9.45. The van der Waals surface area contributed by atoms with E-state index in [-0.39, 0.29) is 47.3 Å². The molecule has 4 N–H and O–H groups in total. The number of aromatic nitrogens is 7. The van der Waals surface area contributed by atoms with Gasteiger partial charge in [-0.1, -0.05) is 24.4 Å². The second-order valence-electron chi connectivity index (χ2n) is 19.1. The molecule has 0 spiro atoms. The van der Waals surface area contributed by atoms with Crippen molar-refractivity contribution in [3.05, 3.63) is 54.1 Å². The minimum Gasteiger partial charge on any atom is -0.383 e. The molecule has 1 aromatic carbocycles. The number of nitrogens with zero attached hydrogens (tertiary/aromatic N) is 10. The van der Waals surface area contributed by atoms with Crippen molar-refractivity contribution in [2.24, 2.45) is 0 Å². The van der Waals surface area contributed by atoms with Gasteiger partial charge in [-0.2, -0.15) is 5.10 Å². The zero-order chi connectivity index (χ0) is 45.2. The number of fused-ring (bicyclic) bond motifs is 1. The Balaban J connectivity index is 0.689. The van der Waals surface area contributed by atoms with Crippen molar-refractivity contribution < 1.29 is 23.3 Å². The van der Waals surface area contributed by atoms with E-state index in [1.54, 1.807) is 12.1 Å². The lowest BCUT2D eigenvalue weighted by Gasteiger charge is -2.36. The molecule has 1 unspecified atom stereocenters. The van der Waals surface area contributed by atoms with Crippen molar-refractivity contribution in [1.29, 1.82) is 0 Å². The van der Waals surface area contributed by atoms with E-state index in [4.69, 9.17) is 25.3 Å². The average molecular weight is 890 g/mol. The molecule has 344 valence electrons. The second-order valence-corrected chi connectivity index (χ2v) is 19.1. The number of anilines is 3. The molecule has 65 heavy (non-hydrogen) atoms. The predicted octanol–water partition coefficient (Wildman–Crippen LogP) is 6.38. The lowest BCUT2D eigenvalue weighted by atomic mass is 9.91. The van der Waals surface area contributed by atoms with E-state index in [0.29, 0.717) is 58.3 Å². The molecule has 7 heterocycles. The standard InChI is InChI=1S/C47H60FN13O4/c1-47(2,3)61-45-39(43(49)52-28-53-45)40(56-61)41-38(42(65-57-41)30-10-11-30)44-50-26-31(27-51-44)29-16-19-60(20-17-29)37(63)9-7-5-4-6-8-18-58-21-23-59(24-22-58)35-14-12-32(25-33(35)48)54-34-13-15-36(62)55-46(34)64/h12,14,25-30,34,54H,4-11,13,15-24H2,1-3H3,(H2,49,52,53)(H,55,62,64). The largest absolute Gasteiger partial charge is 0.383 e. The first-order chi connectivity index (χ1) is 31.4. The van der Waals surface area contributed by atoms with Crippen molar-refractivity contribution in [1.82, 2.24) is 50.0 Å². The lowest BCUT2D eigenvalue weighted by molar-refractivity contribution is -0.134. The van der Waals surface area contributed by atoms with Crippen LogP contribution in [0, 0.1) is 5.82 Å². The van der Waals surface area contributed by atoms with Crippen molar-refractivity contribution in [2.45, 2.75) is 121 Å². The average Bonchev–Trinajstić information content (AvgIpc) is 3.91. The topological polar surface area (TPSA) is 206 Å². The van der Waals surface area contributed by atoms with Gasteiger partial charge in [0, 0.05) is 76.1 Å². The number of likely N-dealkylation sites (tertiary alicyclic amines) is 1. The van der Waals surface area contributed by atoms with Crippen molar-refractivity contribution in [3.63, 3.8) is 0 Å². The van der Waals surface area contributed by atoms with E-state index in [2.05, 4.69) is 56.3 Å². The zero-order valence-electron chi connectivity index (χ0n) is 37.7. The summed E-state index contributed by atoms with van der Waals surface area (Å²) in [6.07, 6.45) is 15.6. The van der Waals surface area contributed by atoms with Crippen LogP contribution >= 0.6 is 0 Å². The minimum absolute atomic E-state index is 0.240. The molecule has 5 aromatic rings. The third kappa shape index (κ3) is 9.82. The number of nitrogens with two attached hydrogens (primary N) is 1. The highest BCUT2D eigenvalue weighted by atomic mass is 19.1. The molecule has 1 aliphatic carbocycles. The molecule has 1 saturated carbocycles. The number of piperidine rings is 2. The summed E-state index contributed by atoms with van der Waals surface area (Å²) in [6.45, 7) is 11.9. The Morgan fingerprint density at radius 1 is 0.892 bits per heavy atom. The van der Waals surface area contributed by atoms with Crippen LogP contribution in [-0.4, -0.2) is 114 Å². The second kappa shape index (κ2) is 18.8. The van der Waals surface area contributed by atoms with Crippen LogP contribution in [0.2, 0.25) is 0 Å². The van der Waals surface area contributed by atoms with Crippen LogP contribution in [0.25, 0.3) is 33.8 Å². The monoisotopic (exact) mass is 889 g/mol. The van der Waals surface area contributed by atoms with Crippen LogP contribution in [0.15, 0.2) is 41.4 Å². The Kier molecular flexibility index (Phi) is 12.8. The molecule has 1 atom stereocenters. The number of nitrogen functional groups attached to an aromatic ring is 1. The maximum Gasteiger partial charge on any atom is 0.249 e. The number of imide groups is 1. The van der Waals surface area contributed by atoms with Gasteiger partial charge in [0.2, 0.25) is 17.7 Å². The van der Waals surface area contributed by atoms with Gasteiger partial charge in [-0.3, -0.25) is 24.6 Å². The number of nitrogens with one attached hydrogen (secondary N) is 2. The van der Waals surface area contributed by atoms with Gasteiger partial charge in [-0.15, -0.1) is 0 Å². The zero-order valence-corrected chi connectivity index (χ0v) is 37.7. The number of amides is 3. The van der Waals surface area contributed by atoms with Gasteiger partial charge in [-0.05, 0) is 102 Å². The lowest BCUT2D eigenvalue weighted by Crippen LogP contribution is -2.47. The third-order valence-corrected chi connectivity index (χ3v) is 13.3. The first-order valence-electron chi connectivity index (χ1n) is 23.4. The molecule has 4 fully saturated rings. The van der Waals surface area contributed by atoms with Crippen LogP contribution in [-0.2, 0) is 19.9 Å². The summed E-state index contributed by atoms with van der Waals surface area (Å²) >= 11 is 0. The summed E-state index contributed by atoms with van der Waals surface area (Å²) < 4.78 is 23.0. The molecule has 9 rings (SSSR count). The normalized spacial score (nSPS) is 19.0. The molecule has 18 heteroatoms. The number of hydrogen-bond acceptors (Lipinski definition) is 14. The molecule has 4 aliphatic rings. The maximum absolute atomic E-state index is 15.1. The van der Waals surface area contributed by atoms with Gasteiger partial charge in [-0.25, -0.2) is 29.0 Å². The van der Waals surface area contributed by atoms with Crippen LogP contribution in [0.5, 0.6) is 0 Å². The highest BCUT2D eigenvalue weighted by molar-refractivity contribution is 6.02. The SMILES string of the molecule is CC(C)(C)n1nc(-c2noc(C3CC3)c2-c2ncc(C3CCN(C(=O)CCCCCCCN4CCN(c5ccc(NC6CCC(=O)NC6=O)cc5F)CC4)CC3)cn2)c2c(N)ncnc21. The van der Waals surface area contributed by atoms with Crippen molar-refractivity contribution in [3.8, 4) is 22.8 Å². The number of piperazine rings is 1. The Labute approximate surface area is 378 Å². The van der Waals surface area contributed by atoms with Crippen LogP contribution in [0.1, 0.15) is 121 Å². The number of rotatable bonds is 15. The molecule has 4 aromatic heterocycles. The summed E-state index contributed by atoms with van der Waals surface area (Å²) in [5.41, 5.74) is 10.7. The summed E-state index contributed by atoms with van der Waals surface area (Å²) in [5, 5.41) is 15.5. The Morgan fingerprint density at radius 3 is 2.34 bits per heavy atom. The van der Waals surface area contributed by atoms with Crippen LogP contribution in [0.3, 0.4) is 0 Å². The number of hydrogen-bond donors (Lipinski definition) is 3. The number of unbranched alkanes of at least 4 members (excludes halogenated alkanes) is 4. The van der Waals surface area contributed by atoms with Crippen molar-refractivity contribution in [2.75, 3.05) is 61.8 Å². The van der Waals surface area contributed by atoms with Crippen LogP contribution in [0.4, 0.5) is 21.6 Å². The first kappa shape index (κ1) is 44.2. The quantitative estimate of drug-likeness (QED) is 0.0771. The molecule has 3 saturated heterocycles. The van der Waals surface area contributed by atoms with E-state index in [9.17, 15) is 14.4 Å². The van der Waals surface area contributed by atoms with Gasteiger partial charge >= 0.3 is 0 Å². The van der Waals surface area contributed by atoms with Gasteiger partial charge in [0.05, 0.1) is 22.2 Å². The number of carbonyl (C=O) groups is 3. The predicted molar refractivity (Wildman–Crippen MR) is 244 cm³/mol. The summed E-state index contributed by atoms with van der Waals surface area (Å²) in [7, 11) is 0. The number of benzene rings is 1. The maximum atomic E-state index is 15.1. The van der Waals surface area contributed by atoms with Gasteiger partial charge in [0.15, 0.2) is 17.2 Å². The highest BCUT2D eigenvalue weighted by Crippen LogP contribution is 2.48. The van der Waals surface area contributed by atoms with E-state index in [1.165, 1.54) is 12.4 Å². The number of carbonyl (C=O) groups excluding carboxylic acids is 3. The molecule has 0 bridgehead atoms. The molecule has 3 aliphatic heterocycles. The smallest absolute Gasteiger partial charge is 0.249 e. The van der Waals surface area contributed by atoms with Crippen molar-refractivity contribution >= 4 is 45.9 Å².